The summed E-state index contributed by atoms with van der Waals surface area (Å²) in [4.78, 5) is 28.6. The third kappa shape index (κ3) is 3.92. The molecule has 2 aromatic rings. The summed E-state index contributed by atoms with van der Waals surface area (Å²) in [6, 6.07) is 1.16. The number of hydrogen-bond acceptors (Lipinski definition) is 7. The Morgan fingerprint density at radius 1 is 1.23 bits per heavy atom. The van der Waals surface area contributed by atoms with Gasteiger partial charge in [0.2, 0.25) is 5.91 Å². The SMILES string of the molecule is O=C(O)c1csc(S(=O)(=O)N2CCN(C(=O)CCn3cncn3)CC2)c1. The van der Waals surface area contributed by atoms with Gasteiger partial charge in [-0.2, -0.15) is 9.40 Å². The van der Waals surface area contributed by atoms with Crippen LogP contribution in [0.15, 0.2) is 28.3 Å². The van der Waals surface area contributed by atoms with Crippen LogP contribution < -0.4 is 0 Å². The van der Waals surface area contributed by atoms with Crippen molar-refractivity contribution in [1.29, 1.82) is 0 Å². The molecule has 0 saturated carbocycles. The van der Waals surface area contributed by atoms with E-state index in [1.807, 2.05) is 0 Å². The van der Waals surface area contributed by atoms with Gasteiger partial charge in [0.05, 0.1) is 12.1 Å². The van der Waals surface area contributed by atoms with Crippen LogP contribution >= 0.6 is 11.3 Å². The number of carboxylic acids is 1. The van der Waals surface area contributed by atoms with Crippen molar-refractivity contribution in [2.45, 2.75) is 17.2 Å². The van der Waals surface area contributed by atoms with Crippen molar-refractivity contribution >= 4 is 33.2 Å². The molecule has 0 spiro atoms. The number of thiophene rings is 1. The molecule has 0 atom stereocenters. The first-order chi connectivity index (χ1) is 12.4. The lowest BCUT2D eigenvalue weighted by Gasteiger charge is -2.33. The highest BCUT2D eigenvalue weighted by atomic mass is 32.2. The van der Waals surface area contributed by atoms with Gasteiger partial charge < -0.3 is 10.0 Å². The fourth-order valence-corrected chi connectivity index (χ4v) is 5.31. The zero-order valence-electron chi connectivity index (χ0n) is 13.7. The largest absolute Gasteiger partial charge is 0.478 e. The highest BCUT2D eigenvalue weighted by molar-refractivity contribution is 7.91. The number of carboxylic acid groups (broad SMARTS) is 1. The summed E-state index contributed by atoms with van der Waals surface area (Å²) in [5.74, 6) is -1.23. The molecule has 1 saturated heterocycles. The summed E-state index contributed by atoms with van der Waals surface area (Å²) in [6.45, 7) is 1.37. The van der Waals surface area contributed by atoms with E-state index in [4.69, 9.17) is 5.11 Å². The molecule has 140 valence electrons. The maximum atomic E-state index is 12.6. The van der Waals surface area contributed by atoms with Crippen LogP contribution in [-0.4, -0.2) is 75.5 Å². The predicted molar refractivity (Wildman–Crippen MR) is 91.3 cm³/mol. The number of carbonyl (C=O) groups excluding carboxylic acids is 1. The molecule has 1 amide bonds. The van der Waals surface area contributed by atoms with E-state index in [0.717, 1.165) is 17.4 Å². The molecule has 0 aromatic carbocycles. The second kappa shape index (κ2) is 7.51. The molecule has 1 N–H and O–H groups in total. The van der Waals surface area contributed by atoms with E-state index in [-0.39, 0.29) is 35.2 Å². The molecule has 1 aliphatic heterocycles. The Bertz CT molecular complexity index is 885. The van der Waals surface area contributed by atoms with Gasteiger partial charge in [-0.25, -0.2) is 18.2 Å². The van der Waals surface area contributed by atoms with E-state index in [1.165, 1.54) is 22.3 Å². The molecular formula is C14H17N5O5S2. The molecule has 0 aliphatic carbocycles. The minimum atomic E-state index is -3.74. The van der Waals surface area contributed by atoms with Crippen molar-refractivity contribution in [3.8, 4) is 0 Å². The normalized spacial score (nSPS) is 15.9. The lowest BCUT2D eigenvalue weighted by molar-refractivity contribution is -0.132. The molecule has 1 fully saturated rings. The van der Waals surface area contributed by atoms with E-state index in [0.29, 0.717) is 19.6 Å². The van der Waals surface area contributed by atoms with Gasteiger partial charge in [-0.05, 0) is 6.07 Å². The second-order valence-electron chi connectivity index (χ2n) is 5.65. The number of aromatic nitrogens is 3. The van der Waals surface area contributed by atoms with Crippen LogP contribution in [0.5, 0.6) is 0 Å². The molecular weight excluding hydrogens is 382 g/mol. The highest BCUT2D eigenvalue weighted by Gasteiger charge is 2.31. The van der Waals surface area contributed by atoms with Crippen molar-refractivity contribution in [3.63, 3.8) is 0 Å². The average Bonchev–Trinajstić information content (AvgIpc) is 3.31. The molecule has 3 heterocycles. The summed E-state index contributed by atoms with van der Waals surface area (Å²) in [5, 5.41) is 14.2. The van der Waals surface area contributed by atoms with Gasteiger partial charge in [-0.15, -0.1) is 11.3 Å². The van der Waals surface area contributed by atoms with Crippen LogP contribution in [0, 0.1) is 0 Å². The fraction of sp³-hybridized carbons (Fsp3) is 0.429. The Kier molecular flexibility index (Phi) is 5.34. The maximum absolute atomic E-state index is 12.6. The zero-order chi connectivity index (χ0) is 18.7. The first-order valence-corrected chi connectivity index (χ1v) is 10.1. The van der Waals surface area contributed by atoms with Gasteiger partial charge >= 0.3 is 5.97 Å². The predicted octanol–water partition coefficient (Wildman–Crippen LogP) is -0.0390. The Morgan fingerprint density at radius 2 is 1.96 bits per heavy atom. The van der Waals surface area contributed by atoms with Gasteiger partial charge in [0, 0.05) is 38.0 Å². The number of rotatable bonds is 6. The number of hydrogen-bond donors (Lipinski definition) is 1. The molecule has 0 bridgehead atoms. The van der Waals surface area contributed by atoms with Gasteiger partial charge in [-0.3, -0.25) is 9.48 Å². The quantitative estimate of drug-likeness (QED) is 0.722. The third-order valence-corrected chi connectivity index (χ3v) is 7.34. The van der Waals surface area contributed by atoms with E-state index in [2.05, 4.69) is 10.1 Å². The lowest BCUT2D eigenvalue weighted by Crippen LogP contribution is -2.50. The van der Waals surface area contributed by atoms with Crippen LogP contribution in [-0.2, 0) is 21.4 Å². The molecule has 2 aromatic heterocycles. The van der Waals surface area contributed by atoms with Crippen molar-refractivity contribution in [1.82, 2.24) is 24.0 Å². The highest BCUT2D eigenvalue weighted by Crippen LogP contribution is 2.25. The van der Waals surface area contributed by atoms with E-state index < -0.39 is 16.0 Å². The Labute approximate surface area is 153 Å². The van der Waals surface area contributed by atoms with Gasteiger partial charge in [0.15, 0.2) is 0 Å². The lowest BCUT2D eigenvalue weighted by atomic mass is 10.3. The number of carbonyl (C=O) groups is 2. The maximum Gasteiger partial charge on any atom is 0.336 e. The van der Waals surface area contributed by atoms with Crippen molar-refractivity contribution in [3.05, 3.63) is 29.7 Å². The summed E-state index contributed by atoms with van der Waals surface area (Å²) >= 11 is 0.886. The summed E-state index contributed by atoms with van der Waals surface area (Å²) in [7, 11) is -3.74. The van der Waals surface area contributed by atoms with Crippen LogP contribution in [0.3, 0.4) is 0 Å². The summed E-state index contributed by atoms with van der Waals surface area (Å²) < 4.78 is 28.1. The van der Waals surface area contributed by atoms with E-state index in [1.54, 1.807) is 9.58 Å². The minimum Gasteiger partial charge on any atom is -0.478 e. The summed E-state index contributed by atoms with van der Waals surface area (Å²) in [5.41, 5.74) is -0.0458. The zero-order valence-corrected chi connectivity index (χ0v) is 15.3. The van der Waals surface area contributed by atoms with Crippen molar-refractivity contribution in [2.75, 3.05) is 26.2 Å². The number of nitrogens with zero attached hydrogens (tertiary/aromatic N) is 5. The fourth-order valence-electron chi connectivity index (χ4n) is 2.59. The standard InChI is InChI=1S/C14H17N5O5S2/c20-12(1-2-18-10-15-9-16-18)17-3-5-19(6-4-17)26(23,24)13-7-11(8-25-13)14(21)22/h7-10H,1-6H2,(H,21,22). The van der Waals surface area contributed by atoms with Crippen LogP contribution in [0.4, 0.5) is 0 Å². The smallest absolute Gasteiger partial charge is 0.336 e. The topological polar surface area (TPSA) is 126 Å². The number of aromatic carboxylic acids is 1. The average molecular weight is 399 g/mol. The molecule has 0 radical (unpaired) electrons. The monoisotopic (exact) mass is 399 g/mol. The van der Waals surface area contributed by atoms with Crippen molar-refractivity contribution < 1.29 is 23.1 Å². The van der Waals surface area contributed by atoms with Gasteiger partial charge in [0.25, 0.3) is 10.0 Å². The molecule has 1 aliphatic rings. The van der Waals surface area contributed by atoms with Gasteiger partial charge in [0.1, 0.15) is 16.9 Å². The Balaban J connectivity index is 1.56. The van der Waals surface area contributed by atoms with E-state index >= 15 is 0 Å². The first kappa shape index (κ1) is 18.5. The summed E-state index contributed by atoms with van der Waals surface area (Å²) in [6.07, 6.45) is 3.20. The molecule has 3 rings (SSSR count). The molecule has 10 nitrogen and oxygen atoms in total. The molecule has 0 unspecified atom stereocenters. The number of aryl methyl sites for hydroxylation is 1. The molecule has 26 heavy (non-hydrogen) atoms. The Hall–Kier alpha value is -2.31. The van der Waals surface area contributed by atoms with Gasteiger partial charge in [-0.1, -0.05) is 0 Å². The van der Waals surface area contributed by atoms with Crippen LogP contribution in [0.1, 0.15) is 16.8 Å². The minimum absolute atomic E-state index is 0.000795. The third-order valence-electron chi connectivity index (χ3n) is 4.03. The molecule has 12 heteroatoms. The van der Waals surface area contributed by atoms with Crippen LogP contribution in [0.2, 0.25) is 0 Å². The second-order valence-corrected chi connectivity index (χ2v) is 8.73. The first-order valence-electron chi connectivity index (χ1n) is 7.80. The van der Waals surface area contributed by atoms with Crippen LogP contribution in [0.25, 0.3) is 0 Å². The van der Waals surface area contributed by atoms with E-state index in [9.17, 15) is 18.0 Å². The number of amides is 1. The number of sulfonamides is 1. The van der Waals surface area contributed by atoms with Crippen molar-refractivity contribution in [2.24, 2.45) is 0 Å². The number of piperazine rings is 1. The Morgan fingerprint density at radius 3 is 2.54 bits per heavy atom.